The number of rotatable bonds is 6. The van der Waals surface area contributed by atoms with Gasteiger partial charge in [-0.15, -0.1) is 0 Å². The Morgan fingerprint density at radius 1 is 1.35 bits per heavy atom. The molecule has 1 aromatic heterocycles. The number of nitro groups is 1. The molecule has 0 unspecified atom stereocenters. The lowest BCUT2D eigenvalue weighted by Gasteiger charge is -2.06. The summed E-state index contributed by atoms with van der Waals surface area (Å²) in [5.74, 6) is 0.473. The fourth-order valence-electron chi connectivity index (χ4n) is 2.21. The van der Waals surface area contributed by atoms with Crippen LogP contribution < -0.4 is 5.32 Å². The summed E-state index contributed by atoms with van der Waals surface area (Å²) in [4.78, 5) is 10.6. The molecule has 6 heteroatoms. The molecule has 0 amide bonds. The van der Waals surface area contributed by atoms with Crippen LogP contribution >= 0.6 is 0 Å². The molecule has 0 bridgehead atoms. The summed E-state index contributed by atoms with van der Waals surface area (Å²) >= 11 is 0. The Labute approximate surface area is 117 Å². The fourth-order valence-corrected chi connectivity index (χ4v) is 2.21. The van der Waals surface area contributed by atoms with Crippen molar-refractivity contribution in [3.63, 3.8) is 0 Å². The fraction of sp³-hybridized carbons (Fsp3) is 0.357. The Kier molecular flexibility index (Phi) is 4.34. The van der Waals surface area contributed by atoms with Crippen LogP contribution in [0.15, 0.2) is 30.3 Å². The largest absolute Gasteiger partial charge is 0.365 e. The van der Waals surface area contributed by atoms with Crippen LogP contribution in [0.5, 0.6) is 0 Å². The number of benzene rings is 1. The summed E-state index contributed by atoms with van der Waals surface area (Å²) in [6.07, 6.45) is 1.85. The Hall–Kier alpha value is -2.37. The zero-order valence-corrected chi connectivity index (χ0v) is 11.7. The molecule has 1 aromatic carbocycles. The predicted molar refractivity (Wildman–Crippen MR) is 77.9 cm³/mol. The van der Waals surface area contributed by atoms with E-state index in [0.717, 1.165) is 12.8 Å². The van der Waals surface area contributed by atoms with Crippen molar-refractivity contribution >= 4 is 11.5 Å². The highest BCUT2D eigenvalue weighted by Gasteiger charge is 2.23. The van der Waals surface area contributed by atoms with Gasteiger partial charge in [0.1, 0.15) is 5.69 Å². The third-order valence-electron chi connectivity index (χ3n) is 3.15. The van der Waals surface area contributed by atoms with E-state index in [9.17, 15) is 10.1 Å². The van der Waals surface area contributed by atoms with Gasteiger partial charge in [0.15, 0.2) is 0 Å². The highest BCUT2D eigenvalue weighted by Crippen LogP contribution is 2.27. The Morgan fingerprint density at radius 3 is 2.70 bits per heavy atom. The molecule has 2 aromatic rings. The molecular weight excluding hydrogens is 256 g/mol. The van der Waals surface area contributed by atoms with Crippen LogP contribution in [0, 0.1) is 17.0 Å². The van der Waals surface area contributed by atoms with E-state index >= 15 is 0 Å². The Balaban J connectivity index is 1.93. The van der Waals surface area contributed by atoms with Crippen molar-refractivity contribution in [3.8, 4) is 0 Å². The Morgan fingerprint density at radius 2 is 2.05 bits per heavy atom. The van der Waals surface area contributed by atoms with Gasteiger partial charge in [0.25, 0.3) is 0 Å². The van der Waals surface area contributed by atoms with Gasteiger partial charge in [0.2, 0.25) is 5.82 Å². The van der Waals surface area contributed by atoms with Gasteiger partial charge in [-0.25, -0.2) is 4.68 Å². The van der Waals surface area contributed by atoms with Crippen LogP contribution in [-0.4, -0.2) is 21.2 Å². The Bertz CT molecular complexity index is 593. The minimum absolute atomic E-state index is 0.0622. The van der Waals surface area contributed by atoms with Gasteiger partial charge in [0, 0.05) is 13.6 Å². The lowest BCUT2D eigenvalue weighted by Crippen LogP contribution is -2.08. The second-order valence-electron chi connectivity index (χ2n) is 4.68. The maximum Gasteiger partial charge on any atom is 0.333 e. The summed E-state index contributed by atoms with van der Waals surface area (Å²) in [5, 5.41) is 18.2. The zero-order valence-electron chi connectivity index (χ0n) is 11.7. The van der Waals surface area contributed by atoms with Gasteiger partial charge >= 0.3 is 5.69 Å². The van der Waals surface area contributed by atoms with Crippen molar-refractivity contribution in [1.82, 2.24) is 9.78 Å². The summed E-state index contributed by atoms with van der Waals surface area (Å²) < 4.78 is 1.52. The first-order chi connectivity index (χ1) is 9.59. The molecule has 20 heavy (non-hydrogen) atoms. The third kappa shape index (κ3) is 3.14. The number of anilines is 1. The number of nitrogens with one attached hydrogen (secondary N) is 1. The maximum atomic E-state index is 11.0. The normalized spacial score (nSPS) is 10.5. The van der Waals surface area contributed by atoms with E-state index in [1.54, 1.807) is 14.0 Å². The first-order valence-electron chi connectivity index (χ1n) is 6.55. The second-order valence-corrected chi connectivity index (χ2v) is 4.68. The maximum absolute atomic E-state index is 11.0. The number of hydrogen-bond donors (Lipinski definition) is 1. The molecule has 0 aliphatic rings. The molecule has 1 heterocycles. The minimum atomic E-state index is -0.387. The van der Waals surface area contributed by atoms with Crippen LogP contribution in [-0.2, 0) is 13.5 Å². The summed E-state index contributed by atoms with van der Waals surface area (Å²) in [6, 6.07) is 10.2. The van der Waals surface area contributed by atoms with E-state index in [1.807, 2.05) is 18.2 Å². The first-order valence-corrected chi connectivity index (χ1v) is 6.55. The molecule has 0 fully saturated rings. The van der Waals surface area contributed by atoms with Crippen LogP contribution in [0.4, 0.5) is 11.5 Å². The van der Waals surface area contributed by atoms with Crippen molar-refractivity contribution in [1.29, 1.82) is 0 Å². The van der Waals surface area contributed by atoms with E-state index in [-0.39, 0.29) is 10.6 Å². The van der Waals surface area contributed by atoms with Crippen molar-refractivity contribution in [2.75, 3.05) is 11.9 Å². The summed E-state index contributed by atoms with van der Waals surface area (Å²) in [6.45, 7) is 2.32. The van der Waals surface area contributed by atoms with Crippen molar-refractivity contribution < 1.29 is 4.92 Å². The molecule has 2 rings (SSSR count). The van der Waals surface area contributed by atoms with Gasteiger partial charge < -0.3 is 5.32 Å². The molecule has 0 aliphatic carbocycles. The van der Waals surface area contributed by atoms with Crippen LogP contribution in [0.25, 0.3) is 0 Å². The van der Waals surface area contributed by atoms with E-state index in [1.165, 1.54) is 10.2 Å². The lowest BCUT2D eigenvalue weighted by molar-refractivity contribution is -0.384. The molecular formula is C14H18N4O2. The van der Waals surface area contributed by atoms with E-state index in [0.29, 0.717) is 18.1 Å². The van der Waals surface area contributed by atoms with Crippen LogP contribution in [0.3, 0.4) is 0 Å². The van der Waals surface area contributed by atoms with Gasteiger partial charge in [-0.1, -0.05) is 30.3 Å². The molecule has 0 atom stereocenters. The number of aryl methyl sites for hydroxylation is 3. The summed E-state index contributed by atoms with van der Waals surface area (Å²) in [5.41, 5.74) is 1.76. The van der Waals surface area contributed by atoms with Gasteiger partial charge in [0.05, 0.1) is 4.92 Å². The average molecular weight is 274 g/mol. The average Bonchev–Trinajstić information content (AvgIpc) is 2.70. The van der Waals surface area contributed by atoms with Crippen molar-refractivity contribution in [2.24, 2.45) is 7.05 Å². The second kappa shape index (κ2) is 6.18. The predicted octanol–water partition coefficient (Wildman–Crippen LogP) is 2.68. The number of hydrogen-bond acceptors (Lipinski definition) is 4. The van der Waals surface area contributed by atoms with Crippen molar-refractivity contribution in [3.05, 3.63) is 51.7 Å². The van der Waals surface area contributed by atoms with Gasteiger partial charge in [-0.05, 0) is 25.3 Å². The van der Waals surface area contributed by atoms with Gasteiger partial charge in [-0.2, -0.15) is 5.10 Å². The zero-order chi connectivity index (χ0) is 14.5. The molecule has 0 saturated carbocycles. The minimum Gasteiger partial charge on any atom is -0.365 e. The molecule has 0 saturated heterocycles. The highest BCUT2D eigenvalue weighted by atomic mass is 16.6. The van der Waals surface area contributed by atoms with Crippen LogP contribution in [0.1, 0.15) is 17.7 Å². The SMILES string of the molecule is Cc1nn(C)c(NCCCc2ccccc2)c1[N+](=O)[O-]. The third-order valence-corrected chi connectivity index (χ3v) is 3.15. The summed E-state index contributed by atoms with van der Waals surface area (Å²) in [7, 11) is 1.71. The molecule has 6 nitrogen and oxygen atoms in total. The highest BCUT2D eigenvalue weighted by molar-refractivity contribution is 5.59. The molecule has 0 spiro atoms. The number of aromatic nitrogens is 2. The molecule has 1 N–H and O–H groups in total. The first kappa shape index (κ1) is 14.0. The molecule has 0 radical (unpaired) electrons. The van der Waals surface area contributed by atoms with E-state index in [4.69, 9.17) is 0 Å². The molecule has 0 aliphatic heterocycles. The van der Waals surface area contributed by atoms with Gasteiger partial charge in [-0.3, -0.25) is 10.1 Å². The molecule has 106 valence electrons. The van der Waals surface area contributed by atoms with E-state index in [2.05, 4.69) is 22.5 Å². The number of nitrogens with zero attached hydrogens (tertiary/aromatic N) is 3. The topological polar surface area (TPSA) is 73.0 Å². The van der Waals surface area contributed by atoms with Crippen LogP contribution in [0.2, 0.25) is 0 Å². The monoisotopic (exact) mass is 274 g/mol. The lowest BCUT2D eigenvalue weighted by atomic mass is 10.1. The van der Waals surface area contributed by atoms with E-state index < -0.39 is 0 Å². The standard InChI is InChI=1S/C14H18N4O2/c1-11-13(18(19)20)14(17(2)16-11)15-10-6-9-12-7-4-3-5-8-12/h3-5,7-8,15H,6,9-10H2,1-2H3. The smallest absolute Gasteiger partial charge is 0.333 e. The van der Waals surface area contributed by atoms with Crippen molar-refractivity contribution in [2.45, 2.75) is 19.8 Å². The quantitative estimate of drug-likeness (QED) is 0.499.